The number of rotatable bonds is 10. The molecular weight excluding hydrogens is 352 g/mol. The molecular formula is C16H26BrClN2O. The number of halogens is 2. The van der Waals surface area contributed by atoms with Gasteiger partial charge in [0.2, 0.25) is 0 Å². The van der Waals surface area contributed by atoms with Gasteiger partial charge in [0, 0.05) is 35.8 Å². The first-order chi connectivity index (χ1) is 10.1. The third-order valence-electron chi connectivity index (χ3n) is 3.48. The summed E-state index contributed by atoms with van der Waals surface area (Å²) in [6.07, 6.45) is 2.11. The summed E-state index contributed by atoms with van der Waals surface area (Å²) in [6, 6.07) is 6.41. The molecule has 0 aliphatic rings. The molecule has 0 fully saturated rings. The quantitative estimate of drug-likeness (QED) is 0.621. The summed E-state index contributed by atoms with van der Waals surface area (Å²) in [5, 5.41) is 4.35. The van der Waals surface area contributed by atoms with Gasteiger partial charge in [-0.3, -0.25) is 0 Å². The number of hydrogen-bond acceptors (Lipinski definition) is 3. The largest absolute Gasteiger partial charge is 0.385 e. The lowest BCUT2D eigenvalue weighted by Crippen LogP contribution is -2.28. The average molecular weight is 378 g/mol. The molecule has 0 spiro atoms. The molecule has 1 aromatic rings. The first-order valence-corrected chi connectivity index (χ1v) is 8.61. The molecule has 0 saturated heterocycles. The van der Waals surface area contributed by atoms with E-state index < -0.39 is 0 Å². The van der Waals surface area contributed by atoms with Crippen molar-refractivity contribution in [2.75, 3.05) is 40.4 Å². The Morgan fingerprint density at radius 1 is 1.38 bits per heavy atom. The van der Waals surface area contributed by atoms with Gasteiger partial charge in [0.1, 0.15) is 0 Å². The third-order valence-corrected chi connectivity index (χ3v) is 4.30. The molecule has 0 saturated carbocycles. The number of methoxy groups -OCH3 is 1. The molecule has 0 aromatic heterocycles. The first-order valence-electron chi connectivity index (χ1n) is 7.44. The molecule has 1 unspecified atom stereocenters. The van der Waals surface area contributed by atoms with Crippen LogP contribution in [0.5, 0.6) is 0 Å². The SMILES string of the molecule is CCNC(CCN(C)CCCOC)c1ccc(Br)cc1Cl. The molecule has 1 rings (SSSR count). The highest BCUT2D eigenvalue weighted by molar-refractivity contribution is 9.10. The number of benzene rings is 1. The Bertz CT molecular complexity index is 417. The normalized spacial score (nSPS) is 12.9. The topological polar surface area (TPSA) is 24.5 Å². The van der Waals surface area contributed by atoms with Crippen molar-refractivity contribution in [2.45, 2.75) is 25.8 Å². The van der Waals surface area contributed by atoms with Crippen LogP contribution in [-0.2, 0) is 4.74 Å². The van der Waals surface area contributed by atoms with Gasteiger partial charge in [-0.1, -0.05) is 40.5 Å². The van der Waals surface area contributed by atoms with E-state index in [0.717, 1.165) is 48.6 Å². The number of nitrogens with one attached hydrogen (secondary N) is 1. The molecule has 21 heavy (non-hydrogen) atoms. The maximum Gasteiger partial charge on any atom is 0.0474 e. The summed E-state index contributed by atoms with van der Waals surface area (Å²) >= 11 is 9.83. The van der Waals surface area contributed by atoms with Gasteiger partial charge >= 0.3 is 0 Å². The van der Waals surface area contributed by atoms with E-state index in [1.807, 2.05) is 12.1 Å². The predicted octanol–water partition coefficient (Wildman–Crippen LogP) is 4.11. The maximum absolute atomic E-state index is 6.38. The van der Waals surface area contributed by atoms with Gasteiger partial charge in [-0.25, -0.2) is 0 Å². The maximum atomic E-state index is 6.38. The molecule has 0 heterocycles. The Kier molecular flexibility index (Phi) is 9.52. The Morgan fingerprint density at radius 2 is 2.14 bits per heavy atom. The van der Waals surface area contributed by atoms with Crippen molar-refractivity contribution in [3.8, 4) is 0 Å². The van der Waals surface area contributed by atoms with Crippen LogP contribution in [0.1, 0.15) is 31.4 Å². The van der Waals surface area contributed by atoms with Crippen molar-refractivity contribution in [2.24, 2.45) is 0 Å². The van der Waals surface area contributed by atoms with E-state index in [0.29, 0.717) is 6.04 Å². The number of nitrogens with zero attached hydrogens (tertiary/aromatic N) is 1. The van der Waals surface area contributed by atoms with Crippen LogP contribution < -0.4 is 5.32 Å². The lowest BCUT2D eigenvalue weighted by Gasteiger charge is -2.23. The lowest BCUT2D eigenvalue weighted by atomic mass is 10.0. The van der Waals surface area contributed by atoms with Crippen LogP contribution in [0, 0.1) is 0 Å². The van der Waals surface area contributed by atoms with E-state index in [1.54, 1.807) is 7.11 Å². The van der Waals surface area contributed by atoms with E-state index in [2.05, 4.69) is 46.2 Å². The zero-order valence-corrected chi connectivity index (χ0v) is 15.5. The molecule has 120 valence electrons. The van der Waals surface area contributed by atoms with Crippen molar-refractivity contribution >= 4 is 27.5 Å². The van der Waals surface area contributed by atoms with E-state index in [1.165, 1.54) is 5.56 Å². The lowest BCUT2D eigenvalue weighted by molar-refractivity contribution is 0.178. The van der Waals surface area contributed by atoms with Gasteiger partial charge in [-0.15, -0.1) is 0 Å². The van der Waals surface area contributed by atoms with Gasteiger partial charge in [0.05, 0.1) is 0 Å². The zero-order valence-electron chi connectivity index (χ0n) is 13.2. The van der Waals surface area contributed by atoms with Crippen LogP contribution in [0.15, 0.2) is 22.7 Å². The van der Waals surface area contributed by atoms with Gasteiger partial charge in [-0.05, 0) is 50.7 Å². The van der Waals surface area contributed by atoms with Crippen molar-refractivity contribution in [1.82, 2.24) is 10.2 Å². The van der Waals surface area contributed by atoms with Crippen LogP contribution in [-0.4, -0.2) is 45.3 Å². The van der Waals surface area contributed by atoms with Gasteiger partial charge in [0.25, 0.3) is 0 Å². The molecule has 0 bridgehead atoms. The van der Waals surface area contributed by atoms with E-state index in [-0.39, 0.29) is 0 Å². The van der Waals surface area contributed by atoms with Crippen molar-refractivity contribution < 1.29 is 4.74 Å². The van der Waals surface area contributed by atoms with E-state index in [4.69, 9.17) is 16.3 Å². The summed E-state index contributed by atoms with van der Waals surface area (Å²) in [5.41, 5.74) is 1.17. The number of hydrogen-bond donors (Lipinski definition) is 1. The van der Waals surface area contributed by atoms with Crippen LogP contribution >= 0.6 is 27.5 Å². The molecule has 5 heteroatoms. The standard InChI is InChI=1S/C16H26BrClN2O/c1-4-19-16(8-10-20(2)9-5-11-21-3)14-7-6-13(17)12-15(14)18/h6-7,12,16,19H,4-5,8-11H2,1-3H3. The fraction of sp³-hybridized carbons (Fsp3) is 0.625. The summed E-state index contributed by atoms with van der Waals surface area (Å²) in [7, 11) is 3.90. The highest BCUT2D eigenvalue weighted by atomic mass is 79.9. The molecule has 3 nitrogen and oxygen atoms in total. The average Bonchev–Trinajstić information content (AvgIpc) is 2.44. The second-order valence-electron chi connectivity index (χ2n) is 5.21. The minimum absolute atomic E-state index is 0.292. The predicted molar refractivity (Wildman–Crippen MR) is 94.2 cm³/mol. The highest BCUT2D eigenvalue weighted by Gasteiger charge is 2.14. The van der Waals surface area contributed by atoms with Gasteiger partial charge in [-0.2, -0.15) is 0 Å². The van der Waals surface area contributed by atoms with Crippen molar-refractivity contribution in [1.29, 1.82) is 0 Å². The monoisotopic (exact) mass is 376 g/mol. The Balaban J connectivity index is 2.57. The van der Waals surface area contributed by atoms with Crippen LogP contribution in [0.4, 0.5) is 0 Å². The molecule has 0 amide bonds. The minimum Gasteiger partial charge on any atom is -0.385 e. The summed E-state index contributed by atoms with van der Waals surface area (Å²) in [6.45, 7) is 5.97. The Hall–Kier alpha value is -0.130. The molecule has 1 N–H and O–H groups in total. The molecule has 0 radical (unpaired) electrons. The third kappa shape index (κ3) is 7.11. The number of ether oxygens (including phenoxy) is 1. The van der Waals surface area contributed by atoms with Crippen LogP contribution in [0.2, 0.25) is 5.02 Å². The van der Waals surface area contributed by atoms with Crippen LogP contribution in [0.25, 0.3) is 0 Å². The van der Waals surface area contributed by atoms with Crippen LogP contribution in [0.3, 0.4) is 0 Å². The molecule has 0 aliphatic carbocycles. The molecule has 1 atom stereocenters. The molecule has 0 aliphatic heterocycles. The fourth-order valence-electron chi connectivity index (χ4n) is 2.34. The summed E-state index contributed by atoms with van der Waals surface area (Å²) in [5.74, 6) is 0. The minimum atomic E-state index is 0.292. The first kappa shape index (κ1) is 18.9. The van der Waals surface area contributed by atoms with Crippen molar-refractivity contribution in [3.63, 3.8) is 0 Å². The summed E-state index contributed by atoms with van der Waals surface area (Å²) in [4.78, 5) is 2.34. The second kappa shape index (κ2) is 10.6. The molecule has 1 aromatic carbocycles. The smallest absolute Gasteiger partial charge is 0.0474 e. The fourth-order valence-corrected chi connectivity index (χ4v) is 3.14. The van der Waals surface area contributed by atoms with E-state index >= 15 is 0 Å². The summed E-state index contributed by atoms with van der Waals surface area (Å²) < 4.78 is 6.11. The van der Waals surface area contributed by atoms with E-state index in [9.17, 15) is 0 Å². The Labute approximate surface area is 142 Å². The van der Waals surface area contributed by atoms with Gasteiger partial charge in [0.15, 0.2) is 0 Å². The zero-order chi connectivity index (χ0) is 15.7. The highest BCUT2D eigenvalue weighted by Crippen LogP contribution is 2.28. The van der Waals surface area contributed by atoms with Gasteiger partial charge < -0.3 is 15.0 Å². The second-order valence-corrected chi connectivity index (χ2v) is 6.54. The Morgan fingerprint density at radius 3 is 2.76 bits per heavy atom. The van der Waals surface area contributed by atoms with Crippen molar-refractivity contribution in [3.05, 3.63) is 33.3 Å².